The Morgan fingerprint density at radius 3 is 2.53 bits per heavy atom. The Hall–Kier alpha value is -1.98. The smallest absolute Gasteiger partial charge is 0.138 e. The summed E-state index contributed by atoms with van der Waals surface area (Å²) >= 11 is 12.7. The summed E-state index contributed by atoms with van der Waals surface area (Å²) in [5, 5.41) is 13.9. The van der Waals surface area contributed by atoms with Crippen LogP contribution in [-0.4, -0.2) is 55.4 Å². The van der Waals surface area contributed by atoms with E-state index >= 15 is 0 Å². The van der Waals surface area contributed by atoms with Crippen molar-refractivity contribution < 1.29 is 9.84 Å². The van der Waals surface area contributed by atoms with Crippen LogP contribution in [0.15, 0.2) is 54.6 Å². The molecule has 1 N–H and O–H groups in total. The van der Waals surface area contributed by atoms with Gasteiger partial charge in [-0.2, -0.15) is 0 Å². The summed E-state index contributed by atoms with van der Waals surface area (Å²) in [6.07, 6.45) is -0.576. The molecule has 1 saturated heterocycles. The van der Waals surface area contributed by atoms with Crippen LogP contribution in [0, 0.1) is 6.92 Å². The first-order chi connectivity index (χ1) is 14.5. The van der Waals surface area contributed by atoms with Crippen molar-refractivity contribution in [3.63, 3.8) is 0 Å². The van der Waals surface area contributed by atoms with Gasteiger partial charge in [0.2, 0.25) is 0 Å². The Bertz CT molecular complexity index is 1020. The number of aryl methyl sites for hydroxylation is 1. The van der Waals surface area contributed by atoms with E-state index in [2.05, 4.69) is 21.9 Å². The van der Waals surface area contributed by atoms with E-state index < -0.39 is 6.10 Å². The number of nitrogens with zero attached hydrogens (tertiary/aromatic N) is 2. The Balaban J connectivity index is 1.27. The third kappa shape index (κ3) is 4.84. The van der Waals surface area contributed by atoms with E-state index in [9.17, 15) is 5.11 Å². The van der Waals surface area contributed by atoms with Crippen LogP contribution in [0.2, 0.25) is 10.0 Å². The number of ether oxygens (including phenoxy) is 1. The summed E-state index contributed by atoms with van der Waals surface area (Å²) in [6, 6.07) is 18.0. The average molecular weight is 445 g/mol. The number of hydrogen-bond donors (Lipinski definition) is 1. The topological polar surface area (TPSA) is 35.9 Å². The normalized spacial score (nSPS) is 16.1. The molecular formula is C24H26Cl2N2O2. The fourth-order valence-electron chi connectivity index (χ4n) is 3.83. The largest absolute Gasteiger partial charge is 0.489 e. The van der Waals surface area contributed by atoms with Crippen LogP contribution in [0.4, 0.5) is 5.69 Å². The van der Waals surface area contributed by atoms with Gasteiger partial charge < -0.3 is 14.7 Å². The molecule has 0 spiro atoms. The summed E-state index contributed by atoms with van der Waals surface area (Å²) in [5.74, 6) is 0.607. The van der Waals surface area contributed by atoms with Gasteiger partial charge >= 0.3 is 0 Å². The van der Waals surface area contributed by atoms with Crippen molar-refractivity contribution in [3.8, 4) is 5.75 Å². The standard InChI is InChI=1S/C24H26Cl2N2O2/c1-17-6-8-19(14-22(17)25)28-12-10-27(11-13-28)15-20(29)16-30-23-9-7-18-4-2-3-5-21(18)24(23)26/h2-9,14,20,29H,10-13,15-16H2,1H3/t20-/m1/s1. The number of fused-ring (bicyclic) bond motifs is 1. The van der Waals surface area contributed by atoms with Crippen LogP contribution in [0.25, 0.3) is 10.8 Å². The van der Waals surface area contributed by atoms with Crippen molar-refractivity contribution in [1.29, 1.82) is 0 Å². The second-order valence-corrected chi connectivity index (χ2v) is 8.57. The lowest BCUT2D eigenvalue weighted by atomic mass is 10.1. The molecule has 1 aliphatic heterocycles. The molecule has 0 radical (unpaired) electrons. The molecule has 1 atom stereocenters. The van der Waals surface area contributed by atoms with Gasteiger partial charge in [-0.25, -0.2) is 0 Å². The van der Waals surface area contributed by atoms with Crippen LogP contribution in [0.3, 0.4) is 0 Å². The predicted molar refractivity (Wildman–Crippen MR) is 125 cm³/mol. The van der Waals surface area contributed by atoms with E-state index in [0.29, 0.717) is 17.3 Å². The first-order valence-corrected chi connectivity index (χ1v) is 11.0. The first kappa shape index (κ1) is 21.3. The molecular weight excluding hydrogens is 419 g/mol. The highest BCUT2D eigenvalue weighted by Crippen LogP contribution is 2.32. The molecule has 4 rings (SSSR count). The van der Waals surface area contributed by atoms with E-state index in [1.165, 1.54) is 0 Å². The van der Waals surface area contributed by atoms with Gasteiger partial charge in [0.15, 0.2) is 0 Å². The highest BCUT2D eigenvalue weighted by Gasteiger charge is 2.20. The highest BCUT2D eigenvalue weighted by atomic mass is 35.5. The maximum atomic E-state index is 10.5. The second kappa shape index (κ2) is 9.44. The van der Waals surface area contributed by atoms with E-state index in [0.717, 1.165) is 53.2 Å². The molecule has 0 unspecified atom stereocenters. The van der Waals surface area contributed by atoms with Crippen molar-refractivity contribution in [1.82, 2.24) is 4.90 Å². The Kier molecular flexibility index (Phi) is 6.69. The SMILES string of the molecule is Cc1ccc(N2CCN(C[C@@H](O)COc3ccc4ccccc4c3Cl)CC2)cc1Cl. The van der Waals surface area contributed by atoms with Crippen LogP contribution in [-0.2, 0) is 0 Å². The number of aliphatic hydroxyl groups is 1. The van der Waals surface area contributed by atoms with Gasteiger partial charge in [0, 0.05) is 48.8 Å². The number of rotatable bonds is 6. The summed E-state index contributed by atoms with van der Waals surface area (Å²) < 4.78 is 5.83. The maximum Gasteiger partial charge on any atom is 0.138 e. The molecule has 1 fully saturated rings. The molecule has 6 heteroatoms. The molecule has 158 valence electrons. The zero-order chi connectivity index (χ0) is 21.1. The quantitative estimate of drug-likeness (QED) is 0.578. The lowest BCUT2D eigenvalue weighted by Gasteiger charge is -2.37. The van der Waals surface area contributed by atoms with Gasteiger partial charge in [-0.05, 0) is 36.1 Å². The molecule has 3 aromatic carbocycles. The average Bonchev–Trinajstić information content (AvgIpc) is 2.76. The number of benzene rings is 3. The molecule has 0 saturated carbocycles. The van der Waals surface area contributed by atoms with Crippen LogP contribution in [0.5, 0.6) is 5.75 Å². The Labute approximate surface area is 187 Å². The minimum atomic E-state index is -0.576. The molecule has 0 bridgehead atoms. The van der Waals surface area contributed by atoms with Crippen molar-refractivity contribution >= 4 is 39.7 Å². The van der Waals surface area contributed by atoms with Crippen LogP contribution >= 0.6 is 23.2 Å². The first-order valence-electron chi connectivity index (χ1n) is 10.2. The number of halogens is 2. The predicted octanol–water partition coefficient (Wildman–Crippen LogP) is 5.02. The van der Waals surface area contributed by atoms with Crippen molar-refractivity contribution in [2.45, 2.75) is 13.0 Å². The lowest BCUT2D eigenvalue weighted by molar-refractivity contribution is 0.0664. The third-order valence-corrected chi connectivity index (χ3v) is 6.42. The number of anilines is 1. The zero-order valence-electron chi connectivity index (χ0n) is 17.0. The third-order valence-electron chi connectivity index (χ3n) is 5.62. The maximum absolute atomic E-state index is 10.5. The number of piperazine rings is 1. The fourth-order valence-corrected chi connectivity index (χ4v) is 4.29. The van der Waals surface area contributed by atoms with E-state index in [4.69, 9.17) is 27.9 Å². The molecule has 0 amide bonds. The van der Waals surface area contributed by atoms with Crippen LogP contribution in [0.1, 0.15) is 5.56 Å². The molecule has 1 aliphatic rings. The molecule has 30 heavy (non-hydrogen) atoms. The van der Waals surface area contributed by atoms with Gasteiger partial charge in [0.25, 0.3) is 0 Å². The monoisotopic (exact) mass is 444 g/mol. The summed E-state index contributed by atoms with van der Waals surface area (Å²) in [6.45, 7) is 6.39. The van der Waals surface area contributed by atoms with Gasteiger partial charge in [0.05, 0.1) is 5.02 Å². The number of β-amino-alcohol motifs (C(OH)–C–C–N with tert-alkyl or cyclic N) is 1. The Morgan fingerprint density at radius 2 is 1.77 bits per heavy atom. The number of aliphatic hydroxyl groups excluding tert-OH is 1. The van der Waals surface area contributed by atoms with E-state index in [1.807, 2.05) is 49.4 Å². The van der Waals surface area contributed by atoms with Crippen molar-refractivity contribution in [3.05, 3.63) is 70.2 Å². The molecule has 3 aromatic rings. The van der Waals surface area contributed by atoms with Gasteiger partial charge in [0.1, 0.15) is 18.5 Å². The number of hydrogen-bond acceptors (Lipinski definition) is 4. The summed E-state index contributed by atoms with van der Waals surface area (Å²) in [7, 11) is 0. The van der Waals surface area contributed by atoms with Gasteiger partial charge in [-0.3, -0.25) is 4.90 Å². The van der Waals surface area contributed by atoms with Gasteiger partial charge in [-0.15, -0.1) is 0 Å². The minimum absolute atomic E-state index is 0.214. The van der Waals surface area contributed by atoms with Crippen molar-refractivity contribution in [2.24, 2.45) is 0 Å². The molecule has 0 aliphatic carbocycles. The zero-order valence-corrected chi connectivity index (χ0v) is 18.5. The Morgan fingerprint density at radius 1 is 1.00 bits per heavy atom. The summed E-state index contributed by atoms with van der Waals surface area (Å²) in [5.41, 5.74) is 2.24. The second-order valence-electron chi connectivity index (χ2n) is 7.78. The van der Waals surface area contributed by atoms with Gasteiger partial charge in [-0.1, -0.05) is 59.6 Å². The van der Waals surface area contributed by atoms with E-state index in [1.54, 1.807) is 0 Å². The molecule has 0 aromatic heterocycles. The lowest BCUT2D eigenvalue weighted by Crippen LogP contribution is -2.49. The fraction of sp³-hybridized carbons (Fsp3) is 0.333. The minimum Gasteiger partial charge on any atom is -0.489 e. The van der Waals surface area contributed by atoms with E-state index in [-0.39, 0.29) is 6.61 Å². The summed E-state index contributed by atoms with van der Waals surface area (Å²) in [4.78, 5) is 4.60. The van der Waals surface area contributed by atoms with Crippen molar-refractivity contribution in [2.75, 3.05) is 44.2 Å². The molecule has 4 nitrogen and oxygen atoms in total. The highest BCUT2D eigenvalue weighted by molar-refractivity contribution is 6.37. The van der Waals surface area contributed by atoms with Crippen LogP contribution < -0.4 is 9.64 Å². The molecule has 1 heterocycles.